The van der Waals surface area contributed by atoms with Gasteiger partial charge in [0, 0.05) is 13.2 Å². The van der Waals surface area contributed by atoms with Gasteiger partial charge in [-0.3, -0.25) is 0 Å². The van der Waals surface area contributed by atoms with Crippen LogP contribution in [0.25, 0.3) is 0 Å². The Morgan fingerprint density at radius 3 is 2.91 bits per heavy atom. The minimum Gasteiger partial charge on any atom is -0.393 e. The summed E-state index contributed by atoms with van der Waals surface area (Å²) in [5.74, 6) is 0. The highest BCUT2D eigenvalue weighted by Gasteiger charge is 2.32. The van der Waals surface area contributed by atoms with Crippen LogP contribution in [-0.4, -0.2) is 37.1 Å². The van der Waals surface area contributed by atoms with Gasteiger partial charge in [0.2, 0.25) is 0 Å². The number of ether oxygens (including phenoxy) is 2. The largest absolute Gasteiger partial charge is 0.393 e. The van der Waals surface area contributed by atoms with Crippen LogP contribution in [0.1, 0.15) is 19.8 Å². The van der Waals surface area contributed by atoms with Crippen molar-refractivity contribution in [2.75, 3.05) is 26.4 Å². The first-order chi connectivity index (χ1) is 5.33. The molecule has 66 valence electrons. The Kier molecular flexibility index (Phi) is 3.30. The summed E-state index contributed by atoms with van der Waals surface area (Å²) >= 11 is 0. The lowest BCUT2D eigenvalue weighted by Gasteiger charge is -2.34. The van der Waals surface area contributed by atoms with E-state index in [0.29, 0.717) is 13.2 Å². The fourth-order valence-electron chi connectivity index (χ4n) is 1.42. The maximum Gasteiger partial charge on any atom is 0.114 e. The van der Waals surface area contributed by atoms with Gasteiger partial charge in [-0.05, 0) is 19.8 Å². The SMILES string of the molecule is CCOC1(CO)CCCOC1. The van der Waals surface area contributed by atoms with Crippen LogP contribution < -0.4 is 0 Å². The first-order valence-electron chi connectivity index (χ1n) is 4.15. The van der Waals surface area contributed by atoms with Gasteiger partial charge in [0.1, 0.15) is 5.60 Å². The van der Waals surface area contributed by atoms with Crippen LogP contribution in [0.2, 0.25) is 0 Å². The molecule has 0 aromatic carbocycles. The van der Waals surface area contributed by atoms with Gasteiger partial charge < -0.3 is 14.6 Å². The third-order valence-corrected chi connectivity index (χ3v) is 2.02. The smallest absolute Gasteiger partial charge is 0.114 e. The molecular formula is C8H16O3. The molecule has 1 N–H and O–H groups in total. The lowest BCUT2D eigenvalue weighted by molar-refractivity contribution is -0.147. The van der Waals surface area contributed by atoms with E-state index in [1.807, 2.05) is 6.92 Å². The van der Waals surface area contributed by atoms with E-state index < -0.39 is 5.60 Å². The van der Waals surface area contributed by atoms with E-state index in [0.717, 1.165) is 19.4 Å². The molecule has 1 heterocycles. The molecule has 0 saturated carbocycles. The first kappa shape index (κ1) is 8.97. The van der Waals surface area contributed by atoms with Gasteiger partial charge in [-0.15, -0.1) is 0 Å². The van der Waals surface area contributed by atoms with E-state index in [1.165, 1.54) is 0 Å². The molecule has 0 aliphatic carbocycles. The molecule has 1 aliphatic rings. The summed E-state index contributed by atoms with van der Waals surface area (Å²) in [6, 6.07) is 0. The second kappa shape index (κ2) is 4.04. The summed E-state index contributed by atoms with van der Waals surface area (Å²) < 4.78 is 10.7. The van der Waals surface area contributed by atoms with Crippen LogP contribution in [-0.2, 0) is 9.47 Å². The maximum atomic E-state index is 9.07. The van der Waals surface area contributed by atoms with Crippen molar-refractivity contribution >= 4 is 0 Å². The Labute approximate surface area is 67.3 Å². The standard InChI is InChI=1S/C8H16O3/c1-2-11-8(6-9)4-3-5-10-7-8/h9H,2-7H2,1H3. The molecule has 0 radical (unpaired) electrons. The summed E-state index contributed by atoms with van der Waals surface area (Å²) in [4.78, 5) is 0. The van der Waals surface area contributed by atoms with E-state index in [4.69, 9.17) is 14.6 Å². The quantitative estimate of drug-likeness (QED) is 0.655. The highest BCUT2D eigenvalue weighted by Crippen LogP contribution is 2.22. The number of hydrogen-bond acceptors (Lipinski definition) is 3. The molecule has 0 amide bonds. The van der Waals surface area contributed by atoms with Crippen molar-refractivity contribution < 1.29 is 14.6 Å². The summed E-state index contributed by atoms with van der Waals surface area (Å²) in [6.07, 6.45) is 1.90. The van der Waals surface area contributed by atoms with Crippen molar-refractivity contribution in [2.24, 2.45) is 0 Å². The zero-order valence-corrected chi connectivity index (χ0v) is 7.01. The molecule has 1 aliphatic heterocycles. The maximum absolute atomic E-state index is 9.07. The highest BCUT2D eigenvalue weighted by atomic mass is 16.6. The average Bonchev–Trinajstić information content (AvgIpc) is 2.07. The van der Waals surface area contributed by atoms with Gasteiger partial charge in [-0.25, -0.2) is 0 Å². The normalized spacial score (nSPS) is 32.2. The van der Waals surface area contributed by atoms with Crippen molar-refractivity contribution in [2.45, 2.75) is 25.4 Å². The Bertz CT molecular complexity index is 102. The average molecular weight is 160 g/mol. The lowest BCUT2D eigenvalue weighted by atomic mass is 9.97. The summed E-state index contributed by atoms with van der Waals surface area (Å²) in [5, 5.41) is 9.07. The summed E-state index contributed by atoms with van der Waals surface area (Å²) in [6.45, 7) is 3.99. The van der Waals surface area contributed by atoms with Crippen LogP contribution in [0.4, 0.5) is 0 Å². The van der Waals surface area contributed by atoms with Crippen LogP contribution in [0.3, 0.4) is 0 Å². The molecule has 0 spiro atoms. The number of hydrogen-bond donors (Lipinski definition) is 1. The second-order valence-corrected chi connectivity index (χ2v) is 2.93. The second-order valence-electron chi connectivity index (χ2n) is 2.93. The monoisotopic (exact) mass is 160 g/mol. The van der Waals surface area contributed by atoms with Crippen molar-refractivity contribution in [1.82, 2.24) is 0 Å². The number of aliphatic hydroxyl groups excluding tert-OH is 1. The van der Waals surface area contributed by atoms with Crippen LogP contribution >= 0.6 is 0 Å². The Hall–Kier alpha value is -0.120. The molecule has 1 atom stereocenters. The van der Waals surface area contributed by atoms with E-state index in [-0.39, 0.29) is 6.61 Å². The predicted molar refractivity (Wildman–Crippen MR) is 41.5 cm³/mol. The van der Waals surface area contributed by atoms with E-state index in [2.05, 4.69) is 0 Å². The first-order valence-corrected chi connectivity index (χ1v) is 4.15. The third-order valence-electron chi connectivity index (χ3n) is 2.02. The zero-order valence-electron chi connectivity index (χ0n) is 7.01. The molecule has 3 heteroatoms. The van der Waals surface area contributed by atoms with Gasteiger partial charge in [0.25, 0.3) is 0 Å². The van der Waals surface area contributed by atoms with Crippen molar-refractivity contribution in [1.29, 1.82) is 0 Å². The molecule has 1 rings (SSSR count). The van der Waals surface area contributed by atoms with Gasteiger partial charge in [-0.2, -0.15) is 0 Å². The molecule has 1 saturated heterocycles. The van der Waals surface area contributed by atoms with Crippen molar-refractivity contribution in [3.8, 4) is 0 Å². The molecule has 0 aromatic heterocycles. The molecule has 1 fully saturated rings. The Balaban J connectivity index is 2.42. The van der Waals surface area contributed by atoms with Crippen LogP contribution in [0.15, 0.2) is 0 Å². The minimum absolute atomic E-state index is 0.0703. The van der Waals surface area contributed by atoms with Crippen LogP contribution in [0.5, 0.6) is 0 Å². The predicted octanol–water partition coefficient (Wildman–Crippen LogP) is 0.564. The lowest BCUT2D eigenvalue weighted by Crippen LogP contribution is -2.44. The molecule has 0 bridgehead atoms. The summed E-state index contributed by atoms with van der Waals surface area (Å²) in [7, 11) is 0. The highest BCUT2D eigenvalue weighted by molar-refractivity contribution is 4.82. The number of aliphatic hydroxyl groups is 1. The zero-order chi connectivity index (χ0) is 8.16. The summed E-state index contributed by atoms with van der Waals surface area (Å²) in [5.41, 5.74) is -0.396. The molecule has 11 heavy (non-hydrogen) atoms. The minimum atomic E-state index is -0.396. The van der Waals surface area contributed by atoms with Crippen LogP contribution in [0, 0.1) is 0 Å². The van der Waals surface area contributed by atoms with E-state index in [9.17, 15) is 0 Å². The van der Waals surface area contributed by atoms with Crippen molar-refractivity contribution in [3.05, 3.63) is 0 Å². The Morgan fingerprint density at radius 1 is 1.64 bits per heavy atom. The molecular weight excluding hydrogens is 144 g/mol. The number of rotatable bonds is 3. The van der Waals surface area contributed by atoms with Gasteiger partial charge in [0.15, 0.2) is 0 Å². The van der Waals surface area contributed by atoms with E-state index in [1.54, 1.807) is 0 Å². The van der Waals surface area contributed by atoms with Gasteiger partial charge >= 0.3 is 0 Å². The Morgan fingerprint density at radius 2 is 2.45 bits per heavy atom. The third kappa shape index (κ3) is 2.15. The van der Waals surface area contributed by atoms with Crippen molar-refractivity contribution in [3.63, 3.8) is 0 Å². The fraction of sp³-hybridized carbons (Fsp3) is 1.00. The van der Waals surface area contributed by atoms with Gasteiger partial charge in [-0.1, -0.05) is 0 Å². The fourth-order valence-corrected chi connectivity index (χ4v) is 1.42. The molecule has 3 nitrogen and oxygen atoms in total. The van der Waals surface area contributed by atoms with Gasteiger partial charge in [0.05, 0.1) is 13.2 Å². The van der Waals surface area contributed by atoms with E-state index >= 15 is 0 Å². The molecule has 1 unspecified atom stereocenters. The molecule has 0 aromatic rings. The topological polar surface area (TPSA) is 38.7 Å².